The second-order valence-corrected chi connectivity index (χ2v) is 8.11. The van der Waals surface area contributed by atoms with Gasteiger partial charge in [0.05, 0.1) is 6.04 Å². The number of anilines is 1. The molecule has 3 rings (SSSR count). The maximum Gasteiger partial charge on any atom is 0.336 e. The van der Waals surface area contributed by atoms with Crippen molar-refractivity contribution < 1.29 is 23.9 Å². The quantitative estimate of drug-likeness (QED) is 0.247. The maximum absolute atomic E-state index is 12.0. The van der Waals surface area contributed by atoms with Gasteiger partial charge in [-0.25, -0.2) is 9.59 Å². The maximum atomic E-state index is 12.0. The van der Waals surface area contributed by atoms with Gasteiger partial charge in [-0.2, -0.15) is 0 Å². The van der Waals surface area contributed by atoms with Gasteiger partial charge in [0.25, 0.3) is 0 Å². The number of nitrogens with two attached hydrogens (primary N) is 2. The van der Waals surface area contributed by atoms with Crippen molar-refractivity contribution in [3.63, 3.8) is 0 Å². The zero-order chi connectivity index (χ0) is 26.1. The Labute approximate surface area is 202 Å². The number of rotatable bonds is 7. The minimum Gasteiger partial charge on any atom is -0.480 e. The number of aryl methyl sites for hydroxylation is 1. The Bertz CT molecular complexity index is 1240. The summed E-state index contributed by atoms with van der Waals surface area (Å²) in [7, 11) is 0. The predicted octanol–water partition coefficient (Wildman–Crippen LogP) is 1.33. The molecule has 0 saturated heterocycles. The highest BCUT2D eigenvalue weighted by Gasteiger charge is 2.24. The van der Waals surface area contributed by atoms with E-state index in [2.05, 4.69) is 10.6 Å². The van der Waals surface area contributed by atoms with Gasteiger partial charge < -0.3 is 31.6 Å². The Kier molecular flexibility index (Phi) is 9.54. The first-order valence-corrected chi connectivity index (χ1v) is 10.9. The molecule has 10 heteroatoms. The highest BCUT2D eigenvalue weighted by atomic mass is 16.4. The Morgan fingerprint density at radius 3 is 2.26 bits per heavy atom. The lowest BCUT2D eigenvalue weighted by molar-refractivity contribution is -0.142. The van der Waals surface area contributed by atoms with Crippen LogP contribution in [0.5, 0.6) is 0 Å². The predicted molar refractivity (Wildman–Crippen MR) is 133 cm³/mol. The number of hydrogen-bond acceptors (Lipinski definition) is 7. The van der Waals surface area contributed by atoms with Gasteiger partial charge in [-0.3, -0.25) is 9.59 Å². The van der Waals surface area contributed by atoms with Gasteiger partial charge in [-0.1, -0.05) is 30.3 Å². The lowest BCUT2D eigenvalue weighted by Crippen LogP contribution is -2.53. The molecule has 0 fully saturated rings. The van der Waals surface area contributed by atoms with E-state index in [9.17, 15) is 24.3 Å². The summed E-state index contributed by atoms with van der Waals surface area (Å²) in [6.07, 6.45) is 0.163. The van der Waals surface area contributed by atoms with Gasteiger partial charge in [0, 0.05) is 29.6 Å². The third kappa shape index (κ3) is 8.27. The van der Waals surface area contributed by atoms with Crippen LogP contribution in [0, 0.1) is 6.92 Å². The normalized spacial score (nSPS) is 13.0. The summed E-state index contributed by atoms with van der Waals surface area (Å²) in [4.78, 5) is 45.7. The summed E-state index contributed by atoms with van der Waals surface area (Å²) in [5.74, 6) is -2.18. The van der Waals surface area contributed by atoms with Gasteiger partial charge in [0.2, 0.25) is 11.8 Å². The van der Waals surface area contributed by atoms with E-state index in [1.165, 1.54) is 19.9 Å². The largest absolute Gasteiger partial charge is 0.480 e. The van der Waals surface area contributed by atoms with Crippen LogP contribution in [-0.2, 0) is 20.8 Å². The molecule has 1 aromatic heterocycles. The van der Waals surface area contributed by atoms with E-state index in [0.717, 1.165) is 16.5 Å². The van der Waals surface area contributed by atoms with E-state index >= 15 is 0 Å². The summed E-state index contributed by atoms with van der Waals surface area (Å²) in [5.41, 5.74) is 13.5. The molecule has 2 amide bonds. The molecule has 10 nitrogen and oxygen atoms in total. The van der Waals surface area contributed by atoms with Crippen molar-refractivity contribution in [1.29, 1.82) is 0 Å². The molecule has 3 aromatic rings. The smallest absolute Gasteiger partial charge is 0.336 e. The lowest BCUT2D eigenvalue weighted by Gasteiger charge is -2.19. The number of carboxylic acid groups (broad SMARTS) is 1. The molecule has 7 N–H and O–H groups in total. The molecule has 0 radical (unpaired) electrons. The third-order valence-electron chi connectivity index (χ3n) is 5.04. The van der Waals surface area contributed by atoms with Crippen LogP contribution < -0.4 is 27.7 Å². The number of carbonyl (C=O) groups is 3. The van der Waals surface area contributed by atoms with Crippen molar-refractivity contribution >= 4 is 34.4 Å². The van der Waals surface area contributed by atoms with Gasteiger partial charge >= 0.3 is 11.6 Å². The number of fused-ring (bicyclic) bond motifs is 1. The van der Waals surface area contributed by atoms with Gasteiger partial charge in [0.15, 0.2) is 0 Å². The average molecular weight is 483 g/mol. The van der Waals surface area contributed by atoms with Crippen molar-refractivity contribution in [2.75, 3.05) is 5.73 Å². The molecule has 0 aliphatic heterocycles. The van der Waals surface area contributed by atoms with Crippen LogP contribution in [0.1, 0.15) is 25.0 Å². The number of benzene rings is 2. The second-order valence-electron chi connectivity index (χ2n) is 8.11. The molecule has 2 aromatic carbocycles. The molecule has 0 unspecified atom stereocenters. The summed E-state index contributed by atoms with van der Waals surface area (Å²) in [6, 6.07) is 13.1. The van der Waals surface area contributed by atoms with Crippen molar-refractivity contribution in [3.8, 4) is 0 Å². The van der Waals surface area contributed by atoms with Crippen LogP contribution in [0.4, 0.5) is 5.69 Å². The van der Waals surface area contributed by atoms with Gasteiger partial charge in [-0.15, -0.1) is 0 Å². The van der Waals surface area contributed by atoms with E-state index in [1.54, 1.807) is 36.4 Å². The minimum atomic E-state index is -1.14. The van der Waals surface area contributed by atoms with Crippen molar-refractivity contribution in [1.82, 2.24) is 10.6 Å². The highest BCUT2D eigenvalue weighted by Crippen LogP contribution is 2.18. The molecule has 0 saturated carbocycles. The number of nitrogen functional groups attached to an aromatic ring is 1. The van der Waals surface area contributed by atoms with E-state index < -0.39 is 35.9 Å². The first kappa shape index (κ1) is 27.1. The SMILES string of the molecule is C[C@H](N)C(=O)N[C@@H](C)C(=O)N[C@@H](Cc1ccccc1)C(=O)O.Cc1cc(=O)oc2cc(N)ccc12. The van der Waals surface area contributed by atoms with E-state index in [1.807, 2.05) is 19.1 Å². The second kappa shape index (κ2) is 12.3. The first-order valence-electron chi connectivity index (χ1n) is 10.9. The van der Waals surface area contributed by atoms with Crippen LogP contribution in [0.25, 0.3) is 11.0 Å². The van der Waals surface area contributed by atoms with Crippen molar-refractivity contribution in [2.45, 2.75) is 45.3 Å². The lowest BCUT2D eigenvalue weighted by atomic mass is 10.1. The van der Waals surface area contributed by atoms with Gasteiger partial charge in [-0.05, 0) is 44.0 Å². The Balaban J connectivity index is 0.000000279. The molecule has 186 valence electrons. The van der Waals surface area contributed by atoms with E-state index in [0.29, 0.717) is 11.3 Å². The van der Waals surface area contributed by atoms with E-state index in [-0.39, 0.29) is 12.0 Å². The summed E-state index contributed by atoms with van der Waals surface area (Å²) in [6.45, 7) is 4.84. The number of carboxylic acids is 1. The number of amides is 2. The van der Waals surface area contributed by atoms with Crippen molar-refractivity contribution in [3.05, 3.63) is 76.1 Å². The fourth-order valence-electron chi connectivity index (χ4n) is 3.10. The Morgan fingerprint density at radius 2 is 1.66 bits per heavy atom. The van der Waals surface area contributed by atoms with Gasteiger partial charge in [0.1, 0.15) is 17.7 Å². The molecule has 1 heterocycles. The molecule has 0 aliphatic carbocycles. The number of carbonyl (C=O) groups excluding carboxylic acids is 2. The standard InChI is InChI=1S/C15H21N3O4.C10H9NO2/c1-9(16)13(19)17-10(2)14(20)18-12(15(21)22)8-11-6-4-3-5-7-11;1-6-4-10(12)13-9-5-7(11)2-3-8(6)9/h3-7,9-10,12H,8,16H2,1-2H3,(H,17,19)(H,18,20)(H,21,22);2-5H,11H2,1H3/t9-,10-,12-;/m0./s1. The molecule has 0 spiro atoms. The highest BCUT2D eigenvalue weighted by molar-refractivity contribution is 5.91. The minimum absolute atomic E-state index is 0.163. The summed E-state index contributed by atoms with van der Waals surface area (Å²) >= 11 is 0. The van der Waals surface area contributed by atoms with Crippen LogP contribution in [0.2, 0.25) is 0 Å². The van der Waals surface area contributed by atoms with Crippen LogP contribution in [0.15, 0.2) is 63.8 Å². The molecular weight excluding hydrogens is 452 g/mol. The molecule has 0 bridgehead atoms. The zero-order valence-electron chi connectivity index (χ0n) is 19.8. The number of aliphatic carboxylic acids is 1. The molecule has 0 aliphatic rings. The third-order valence-corrected chi connectivity index (χ3v) is 5.04. The van der Waals surface area contributed by atoms with Crippen LogP contribution in [0.3, 0.4) is 0 Å². The average Bonchev–Trinajstić information content (AvgIpc) is 2.79. The molecule has 3 atom stereocenters. The molecule has 35 heavy (non-hydrogen) atoms. The summed E-state index contributed by atoms with van der Waals surface area (Å²) in [5, 5.41) is 15.0. The first-order chi connectivity index (χ1) is 16.5. The number of nitrogens with one attached hydrogen (secondary N) is 2. The number of hydrogen-bond donors (Lipinski definition) is 5. The monoisotopic (exact) mass is 482 g/mol. The van der Waals surface area contributed by atoms with Crippen LogP contribution >= 0.6 is 0 Å². The Morgan fingerprint density at radius 1 is 1.00 bits per heavy atom. The summed E-state index contributed by atoms with van der Waals surface area (Å²) < 4.78 is 4.99. The Hall–Kier alpha value is -4.18. The fraction of sp³-hybridized carbons (Fsp3) is 0.280. The fourth-order valence-corrected chi connectivity index (χ4v) is 3.10. The molecular formula is C25H30N4O6. The zero-order valence-corrected chi connectivity index (χ0v) is 19.8. The van der Waals surface area contributed by atoms with Crippen LogP contribution in [-0.4, -0.2) is 41.0 Å². The topological polar surface area (TPSA) is 178 Å². The van der Waals surface area contributed by atoms with Crippen molar-refractivity contribution in [2.24, 2.45) is 5.73 Å². The van der Waals surface area contributed by atoms with E-state index in [4.69, 9.17) is 15.9 Å².